The predicted molar refractivity (Wildman–Crippen MR) is 74.7 cm³/mol. The molecule has 1 heterocycles. The van der Waals surface area contributed by atoms with Gasteiger partial charge < -0.3 is 5.73 Å². The average molecular weight is 278 g/mol. The Morgan fingerprint density at radius 3 is 3.00 bits per heavy atom. The van der Waals surface area contributed by atoms with Gasteiger partial charge in [-0.05, 0) is 41.8 Å². The van der Waals surface area contributed by atoms with Crippen LogP contribution in [0.5, 0.6) is 0 Å². The summed E-state index contributed by atoms with van der Waals surface area (Å²) in [5, 5.41) is 12.5. The molecule has 1 unspecified atom stereocenters. The van der Waals surface area contributed by atoms with E-state index in [2.05, 4.69) is 22.4 Å². The van der Waals surface area contributed by atoms with Crippen LogP contribution in [0.1, 0.15) is 32.2 Å². The van der Waals surface area contributed by atoms with Gasteiger partial charge in [0.15, 0.2) is 5.82 Å². The number of hydrogen-bond donors (Lipinski definition) is 1. The van der Waals surface area contributed by atoms with Gasteiger partial charge in [0.2, 0.25) is 0 Å². The topological polar surface area (TPSA) is 69.6 Å². The highest BCUT2D eigenvalue weighted by Crippen LogP contribution is 2.38. The van der Waals surface area contributed by atoms with Gasteiger partial charge >= 0.3 is 0 Å². The molecule has 0 radical (unpaired) electrons. The number of anilines is 1. The first-order valence-electron chi connectivity index (χ1n) is 6.49. The van der Waals surface area contributed by atoms with E-state index in [0.717, 1.165) is 17.9 Å². The third kappa shape index (κ3) is 2.42. The third-order valence-electron chi connectivity index (χ3n) is 3.58. The number of rotatable bonds is 4. The van der Waals surface area contributed by atoms with E-state index >= 15 is 0 Å². The lowest BCUT2D eigenvalue weighted by molar-refractivity contribution is 0.430. The van der Waals surface area contributed by atoms with Crippen LogP contribution in [-0.4, -0.2) is 20.2 Å². The normalized spacial score (nSPS) is 16.5. The second-order valence-corrected chi connectivity index (χ2v) is 5.58. The van der Waals surface area contributed by atoms with E-state index in [9.17, 15) is 0 Å². The van der Waals surface area contributed by atoms with Crippen LogP contribution >= 0.6 is 11.6 Å². The van der Waals surface area contributed by atoms with E-state index in [4.69, 9.17) is 17.3 Å². The van der Waals surface area contributed by atoms with Crippen LogP contribution in [0.15, 0.2) is 18.2 Å². The molecule has 0 bridgehead atoms. The number of nitrogens with zero attached hydrogens (tertiary/aromatic N) is 4. The van der Waals surface area contributed by atoms with Crippen molar-refractivity contribution in [3.8, 4) is 11.4 Å². The van der Waals surface area contributed by atoms with Crippen molar-refractivity contribution in [3.63, 3.8) is 0 Å². The summed E-state index contributed by atoms with van der Waals surface area (Å²) in [5.41, 5.74) is 7.33. The summed E-state index contributed by atoms with van der Waals surface area (Å²) < 4.78 is 1.85. The van der Waals surface area contributed by atoms with Gasteiger partial charge in [0.1, 0.15) is 0 Å². The molecule has 1 saturated carbocycles. The molecule has 6 heteroatoms. The Bertz CT molecular complexity index is 590. The monoisotopic (exact) mass is 277 g/mol. The molecular formula is C13H16ClN5. The van der Waals surface area contributed by atoms with Crippen LogP contribution in [0.2, 0.25) is 5.02 Å². The number of tetrazole rings is 1. The standard InChI is InChI=1S/C13H16ClN5/c1-8(7-9-5-6-9)19-13(16-17-18-19)10-3-2-4-11(14)12(10)15/h2-4,8-9H,5-7,15H2,1H3. The van der Waals surface area contributed by atoms with Gasteiger partial charge in [-0.2, -0.15) is 0 Å². The Kier molecular flexibility index (Phi) is 3.14. The molecule has 0 saturated heterocycles. The molecule has 1 fully saturated rings. The maximum Gasteiger partial charge on any atom is 0.184 e. The smallest absolute Gasteiger partial charge is 0.184 e. The summed E-state index contributed by atoms with van der Waals surface area (Å²) >= 11 is 6.05. The van der Waals surface area contributed by atoms with Crippen LogP contribution in [0.4, 0.5) is 5.69 Å². The van der Waals surface area contributed by atoms with Crippen molar-refractivity contribution in [2.24, 2.45) is 5.92 Å². The number of nitrogen functional groups attached to an aromatic ring is 1. The Labute approximate surface area is 116 Å². The molecule has 1 aromatic carbocycles. The van der Waals surface area contributed by atoms with Crippen LogP contribution in [0.25, 0.3) is 11.4 Å². The SMILES string of the molecule is CC(CC1CC1)n1nnnc1-c1cccc(Cl)c1N. The van der Waals surface area contributed by atoms with Crippen LogP contribution < -0.4 is 5.73 Å². The number of aromatic nitrogens is 4. The molecule has 3 rings (SSSR count). The Hall–Kier alpha value is -1.62. The third-order valence-corrected chi connectivity index (χ3v) is 3.91. The van der Waals surface area contributed by atoms with Gasteiger partial charge in [0.05, 0.1) is 16.8 Å². The van der Waals surface area contributed by atoms with Crippen LogP contribution in [0.3, 0.4) is 0 Å². The lowest BCUT2D eigenvalue weighted by atomic mass is 10.1. The summed E-state index contributed by atoms with van der Waals surface area (Å²) in [5.74, 6) is 1.51. The summed E-state index contributed by atoms with van der Waals surface area (Å²) in [4.78, 5) is 0. The fourth-order valence-electron chi connectivity index (χ4n) is 2.34. The predicted octanol–water partition coefficient (Wildman–Crippen LogP) is 2.94. The molecule has 1 aromatic heterocycles. The number of para-hydroxylation sites is 1. The molecule has 100 valence electrons. The van der Waals surface area contributed by atoms with Gasteiger partial charge in [-0.15, -0.1) is 5.10 Å². The van der Waals surface area contributed by atoms with E-state index in [0.29, 0.717) is 16.5 Å². The molecule has 0 amide bonds. The molecule has 1 aliphatic carbocycles. The van der Waals surface area contributed by atoms with Gasteiger partial charge in [-0.1, -0.05) is 30.5 Å². The molecule has 0 aliphatic heterocycles. The Balaban J connectivity index is 1.96. The van der Waals surface area contributed by atoms with Crippen molar-refractivity contribution in [2.75, 3.05) is 5.73 Å². The number of hydrogen-bond acceptors (Lipinski definition) is 4. The second-order valence-electron chi connectivity index (χ2n) is 5.18. The zero-order valence-electron chi connectivity index (χ0n) is 10.8. The molecule has 1 atom stereocenters. The van der Waals surface area contributed by atoms with Crippen LogP contribution in [-0.2, 0) is 0 Å². The molecule has 2 N–H and O–H groups in total. The number of benzene rings is 1. The van der Waals surface area contributed by atoms with Crippen molar-refractivity contribution >= 4 is 17.3 Å². The van der Waals surface area contributed by atoms with E-state index in [1.807, 2.05) is 16.8 Å². The Morgan fingerprint density at radius 1 is 1.47 bits per heavy atom. The first-order chi connectivity index (χ1) is 9.16. The van der Waals surface area contributed by atoms with Gasteiger partial charge in [0.25, 0.3) is 0 Å². The average Bonchev–Trinajstić information content (AvgIpc) is 3.06. The van der Waals surface area contributed by atoms with Gasteiger partial charge in [-0.25, -0.2) is 4.68 Å². The molecule has 5 nitrogen and oxygen atoms in total. The van der Waals surface area contributed by atoms with Crippen molar-refractivity contribution in [3.05, 3.63) is 23.2 Å². The lowest BCUT2D eigenvalue weighted by Gasteiger charge is -2.14. The van der Waals surface area contributed by atoms with Crippen LogP contribution in [0, 0.1) is 5.92 Å². The first kappa shape index (κ1) is 12.4. The Morgan fingerprint density at radius 2 is 2.26 bits per heavy atom. The molecule has 1 aliphatic rings. The molecule has 19 heavy (non-hydrogen) atoms. The quantitative estimate of drug-likeness (QED) is 0.873. The molecular weight excluding hydrogens is 262 g/mol. The molecule has 0 spiro atoms. The highest BCUT2D eigenvalue weighted by molar-refractivity contribution is 6.33. The minimum atomic E-state index is 0.274. The minimum Gasteiger partial charge on any atom is -0.397 e. The highest BCUT2D eigenvalue weighted by Gasteiger charge is 2.26. The first-order valence-corrected chi connectivity index (χ1v) is 6.87. The van der Waals surface area contributed by atoms with E-state index < -0.39 is 0 Å². The summed E-state index contributed by atoms with van der Waals surface area (Å²) in [6.45, 7) is 2.14. The van der Waals surface area contributed by atoms with Gasteiger partial charge in [-0.3, -0.25) is 0 Å². The fraction of sp³-hybridized carbons (Fsp3) is 0.462. The van der Waals surface area contributed by atoms with Gasteiger partial charge in [0, 0.05) is 5.56 Å². The summed E-state index contributed by atoms with van der Waals surface area (Å²) in [6, 6.07) is 5.80. The van der Waals surface area contributed by atoms with Crippen molar-refractivity contribution in [2.45, 2.75) is 32.2 Å². The van der Waals surface area contributed by atoms with E-state index in [1.165, 1.54) is 12.8 Å². The fourth-order valence-corrected chi connectivity index (χ4v) is 2.51. The van der Waals surface area contributed by atoms with Crippen molar-refractivity contribution in [1.29, 1.82) is 0 Å². The summed E-state index contributed by atoms with van der Waals surface area (Å²) in [6.07, 6.45) is 3.75. The largest absolute Gasteiger partial charge is 0.397 e. The maximum absolute atomic E-state index is 6.05. The maximum atomic E-state index is 6.05. The zero-order chi connectivity index (χ0) is 13.4. The summed E-state index contributed by atoms with van der Waals surface area (Å²) in [7, 11) is 0. The second kappa shape index (κ2) is 4.81. The zero-order valence-corrected chi connectivity index (χ0v) is 11.5. The van der Waals surface area contributed by atoms with Crippen molar-refractivity contribution in [1.82, 2.24) is 20.2 Å². The highest BCUT2D eigenvalue weighted by atomic mass is 35.5. The number of nitrogens with two attached hydrogens (primary N) is 1. The molecule has 2 aromatic rings. The van der Waals surface area contributed by atoms with Crippen molar-refractivity contribution < 1.29 is 0 Å². The van der Waals surface area contributed by atoms with E-state index in [-0.39, 0.29) is 6.04 Å². The van der Waals surface area contributed by atoms with E-state index in [1.54, 1.807) is 6.07 Å². The number of halogens is 1. The minimum absolute atomic E-state index is 0.274. The lowest BCUT2D eigenvalue weighted by Crippen LogP contribution is -2.10.